The quantitative estimate of drug-likeness (QED) is 0.116. The van der Waals surface area contributed by atoms with Crippen molar-refractivity contribution in [1.82, 2.24) is 14.0 Å². The zero-order chi connectivity index (χ0) is 26.9. The summed E-state index contributed by atoms with van der Waals surface area (Å²) in [5.74, 6) is 0.323. The van der Waals surface area contributed by atoms with Gasteiger partial charge in [-0.1, -0.05) is 71.1 Å². The molecular formula is C33H24IN3O3. The van der Waals surface area contributed by atoms with E-state index in [2.05, 4.69) is 68.1 Å². The second-order valence-corrected chi connectivity index (χ2v) is 12.8. The van der Waals surface area contributed by atoms with E-state index >= 15 is 0 Å². The highest BCUT2D eigenvalue weighted by molar-refractivity contribution is 14.1. The highest BCUT2D eigenvalue weighted by Gasteiger charge is 2.46. The van der Waals surface area contributed by atoms with E-state index in [4.69, 9.17) is 4.74 Å². The number of halogens is 1. The van der Waals surface area contributed by atoms with Crippen LogP contribution in [0.25, 0.3) is 43.6 Å². The number of nitrogens with zero attached hydrogens (tertiary/aromatic N) is 3. The second kappa shape index (κ2) is 7.87. The second-order valence-electron chi connectivity index (χ2n) is 11.2. The lowest BCUT2D eigenvalue weighted by molar-refractivity contribution is 0.0643. The Kier molecular flexibility index (Phi) is 4.51. The molecule has 3 atom stereocenters. The van der Waals surface area contributed by atoms with Gasteiger partial charge in [-0.25, -0.2) is 0 Å². The summed E-state index contributed by atoms with van der Waals surface area (Å²) in [6.07, 6.45) is 2.12. The fourth-order valence-electron chi connectivity index (χ4n) is 7.74. The van der Waals surface area contributed by atoms with Crippen LogP contribution in [0.2, 0.25) is 0 Å². The third-order valence-corrected chi connectivity index (χ3v) is 10.7. The number of benzene rings is 4. The summed E-state index contributed by atoms with van der Waals surface area (Å²) >= 11 is 2.63. The number of para-hydroxylation sites is 2. The van der Waals surface area contributed by atoms with Crippen LogP contribution in [0.1, 0.15) is 51.2 Å². The normalized spacial score (nSPS) is 21.4. The average Bonchev–Trinajstić information content (AvgIpc) is 3.65. The van der Waals surface area contributed by atoms with E-state index < -0.39 is 0 Å². The van der Waals surface area contributed by atoms with E-state index in [9.17, 15) is 9.59 Å². The molecule has 196 valence electrons. The minimum atomic E-state index is -0.210. The number of alkyl halides is 1. The number of fused-ring (bicyclic) bond motifs is 13. The predicted molar refractivity (Wildman–Crippen MR) is 165 cm³/mol. The van der Waals surface area contributed by atoms with Crippen molar-refractivity contribution in [3.63, 3.8) is 0 Å². The Labute approximate surface area is 243 Å². The van der Waals surface area contributed by atoms with Gasteiger partial charge in [0.15, 0.2) is 0 Å². The van der Waals surface area contributed by atoms with Gasteiger partial charge in [0.25, 0.3) is 11.8 Å². The molecule has 4 aromatic carbocycles. The van der Waals surface area contributed by atoms with Gasteiger partial charge in [-0.05, 0) is 42.7 Å². The predicted octanol–water partition coefficient (Wildman–Crippen LogP) is 7.40. The summed E-state index contributed by atoms with van der Waals surface area (Å²) in [5, 5.41) is 3.95. The number of methoxy groups -OCH3 is 1. The Balaban J connectivity index is 1.43. The van der Waals surface area contributed by atoms with Gasteiger partial charge in [0, 0.05) is 48.6 Å². The zero-order valence-electron chi connectivity index (χ0n) is 21.7. The zero-order valence-corrected chi connectivity index (χ0v) is 23.9. The highest BCUT2D eigenvalue weighted by atomic mass is 127. The van der Waals surface area contributed by atoms with Gasteiger partial charge in [0.1, 0.15) is 5.75 Å². The van der Waals surface area contributed by atoms with Crippen molar-refractivity contribution in [3.05, 3.63) is 89.5 Å². The molecule has 40 heavy (non-hydrogen) atoms. The molecule has 2 aliphatic heterocycles. The molecule has 7 heteroatoms. The molecule has 3 aliphatic rings. The minimum Gasteiger partial charge on any atom is -0.497 e. The molecular weight excluding hydrogens is 613 g/mol. The van der Waals surface area contributed by atoms with Crippen LogP contribution in [-0.2, 0) is 6.54 Å². The van der Waals surface area contributed by atoms with Gasteiger partial charge >= 0.3 is 0 Å². The molecule has 0 N–H and O–H groups in total. The third-order valence-electron chi connectivity index (χ3n) is 9.34. The number of hydrogen-bond acceptors (Lipinski definition) is 3. The van der Waals surface area contributed by atoms with Crippen LogP contribution >= 0.6 is 22.6 Å². The van der Waals surface area contributed by atoms with E-state index in [-0.39, 0.29) is 18.4 Å². The summed E-state index contributed by atoms with van der Waals surface area (Å²) in [7, 11) is 1.63. The molecule has 0 saturated heterocycles. The van der Waals surface area contributed by atoms with E-state index in [1.165, 1.54) is 4.90 Å². The largest absolute Gasteiger partial charge is 0.497 e. The van der Waals surface area contributed by atoms with E-state index in [1.54, 1.807) is 7.11 Å². The highest BCUT2D eigenvalue weighted by Crippen LogP contribution is 2.55. The van der Waals surface area contributed by atoms with Crippen LogP contribution in [0.15, 0.2) is 72.8 Å². The van der Waals surface area contributed by atoms with Crippen molar-refractivity contribution >= 4 is 78.0 Å². The van der Waals surface area contributed by atoms with Crippen LogP contribution in [-0.4, -0.2) is 36.9 Å². The maximum Gasteiger partial charge on any atom is 0.262 e. The van der Waals surface area contributed by atoms with Gasteiger partial charge in [0.2, 0.25) is 0 Å². The Morgan fingerprint density at radius 2 is 1.35 bits per heavy atom. The van der Waals surface area contributed by atoms with E-state index in [0.29, 0.717) is 27.1 Å². The van der Waals surface area contributed by atoms with Crippen molar-refractivity contribution in [2.24, 2.45) is 0 Å². The average molecular weight is 637 g/mol. The van der Waals surface area contributed by atoms with E-state index in [1.807, 2.05) is 36.4 Å². The number of carbonyl (C=O) groups excluding carboxylic acids is 2. The van der Waals surface area contributed by atoms with Crippen LogP contribution in [0.4, 0.5) is 0 Å². The maximum atomic E-state index is 14.4. The van der Waals surface area contributed by atoms with Crippen molar-refractivity contribution in [1.29, 1.82) is 0 Å². The SMILES string of the molecule is COc1ccc(CN2C(=O)c3c(c4c5ccccc5n5c4c4c3c3ccccc3n4C3CC(I)C5C3)C2=O)cc1. The number of hydrogen-bond donors (Lipinski definition) is 0. The monoisotopic (exact) mass is 637 g/mol. The molecule has 3 unspecified atom stereocenters. The standard InChI is InChI=1S/C33H24IN3O3/c1-40-19-12-10-17(11-13-19)16-35-32(38)28-26-20-6-2-4-8-23(20)36-18-14-22(34)25(15-18)37-24-9-5-3-7-21(24)27(29(28)33(35)39)31(37)30(26)36/h2-13,18,22,25H,14-16H2,1H3. The molecule has 2 aromatic heterocycles. The lowest BCUT2D eigenvalue weighted by Crippen LogP contribution is -2.29. The fourth-order valence-corrected chi connectivity index (χ4v) is 8.94. The van der Waals surface area contributed by atoms with Crippen molar-refractivity contribution in [3.8, 4) is 5.75 Å². The Bertz CT molecular complexity index is 2110. The first-order valence-electron chi connectivity index (χ1n) is 13.7. The van der Waals surface area contributed by atoms with Crippen LogP contribution in [0.3, 0.4) is 0 Å². The first-order valence-corrected chi connectivity index (χ1v) is 15.0. The maximum absolute atomic E-state index is 14.4. The van der Waals surface area contributed by atoms with E-state index in [0.717, 1.165) is 67.8 Å². The lowest BCUT2D eigenvalue weighted by Gasteiger charge is -2.20. The molecule has 9 rings (SSSR count). The van der Waals surface area contributed by atoms with Crippen LogP contribution in [0.5, 0.6) is 5.75 Å². The smallest absolute Gasteiger partial charge is 0.262 e. The fraction of sp³-hybridized carbons (Fsp3) is 0.212. The Hall–Kier alpha value is -3.85. The van der Waals surface area contributed by atoms with Crippen LogP contribution < -0.4 is 4.74 Å². The number of rotatable bonds is 3. The molecule has 0 radical (unpaired) electrons. The number of carbonyl (C=O) groups is 2. The molecule has 2 amide bonds. The number of ether oxygens (including phenoxy) is 1. The molecule has 1 saturated carbocycles. The number of aromatic nitrogens is 2. The van der Waals surface area contributed by atoms with Crippen molar-refractivity contribution < 1.29 is 14.3 Å². The first-order chi connectivity index (χ1) is 19.6. The van der Waals surface area contributed by atoms with Gasteiger partial charge in [-0.15, -0.1) is 0 Å². The third kappa shape index (κ3) is 2.69. The molecule has 6 nitrogen and oxygen atoms in total. The van der Waals surface area contributed by atoms with Crippen molar-refractivity contribution in [2.45, 2.75) is 35.4 Å². The van der Waals surface area contributed by atoms with Gasteiger partial charge in [-0.3, -0.25) is 14.5 Å². The van der Waals surface area contributed by atoms with Gasteiger partial charge in [-0.2, -0.15) is 0 Å². The first kappa shape index (κ1) is 22.9. The summed E-state index contributed by atoms with van der Waals surface area (Å²) < 4.78 is 10.8. The molecule has 6 aromatic rings. The summed E-state index contributed by atoms with van der Waals surface area (Å²) in [6, 6.07) is 25.1. The molecule has 4 heterocycles. The Morgan fingerprint density at radius 3 is 1.98 bits per heavy atom. The summed E-state index contributed by atoms with van der Waals surface area (Å²) in [6.45, 7) is 0.220. The summed E-state index contributed by atoms with van der Waals surface area (Å²) in [5.41, 5.74) is 6.51. The van der Waals surface area contributed by atoms with Crippen LogP contribution in [0, 0.1) is 0 Å². The minimum absolute atomic E-state index is 0.210. The Morgan fingerprint density at radius 1 is 0.775 bits per heavy atom. The van der Waals surface area contributed by atoms with Gasteiger partial charge in [0.05, 0.1) is 35.8 Å². The molecule has 1 fully saturated rings. The topological polar surface area (TPSA) is 56.5 Å². The molecule has 1 aliphatic carbocycles. The molecule has 2 bridgehead atoms. The number of imide groups is 1. The van der Waals surface area contributed by atoms with Gasteiger partial charge < -0.3 is 13.9 Å². The molecule has 0 spiro atoms. The van der Waals surface area contributed by atoms with Crippen molar-refractivity contribution in [2.75, 3.05) is 7.11 Å². The lowest BCUT2D eigenvalue weighted by atomic mass is 9.96. The number of amides is 2. The summed E-state index contributed by atoms with van der Waals surface area (Å²) in [4.78, 5) is 30.2.